The fourth-order valence-electron chi connectivity index (χ4n) is 11.7. The highest BCUT2D eigenvalue weighted by Gasteiger charge is 2.53. The predicted octanol–water partition coefficient (Wildman–Crippen LogP) is 9.88. The van der Waals surface area contributed by atoms with E-state index in [2.05, 4.69) is 67.5 Å². The molecule has 2 saturated heterocycles. The minimum Gasteiger partial charge on any atom is -0.348 e. The molecule has 358 valence electrons. The van der Waals surface area contributed by atoms with Crippen molar-refractivity contribution in [2.75, 3.05) is 26.2 Å². The van der Waals surface area contributed by atoms with Gasteiger partial charge in [0.25, 0.3) is 11.5 Å². The van der Waals surface area contributed by atoms with Gasteiger partial charge in [-0.25, -0.2) is 9.37 Å². The minimum atomic E-state index is -1.91. The lowest BCUT2D eigenvalue weighted by molar-refractivity contribution is -0.145. The van der Waals surface area contributed by atoms with Gasteiger partial charge in [-0.1, -0.05) is 87.7 Å². The summed E-state index contributed by atoms with van der Waals surface area (Å²) < 4.78 is 17.0. The Hall–Kier alpha value is -4.98. The first-order valence-corrected chi connectivity index (χ1v) is 26.1. The normalized spacial score (nSPS) is 20.6. The SMILES string of the molecule is Cc1ncsc1-c1ccc(C(CCCCN2CCC(c3ccc4c(c3)C3(CCCC3)c3nc(=O)c5c(Cl)cccc5n3-4)CC2)NC(=O)C2CCCN2C(=O)C(NC(=O)C2(F)CC2)C(C)(C)C)cc1. The molecule has 0 radical (unpaired) electrons. The number of fused-ring (bicyclic) bond motifs is 7. The molecule has 5 aromatic rings. The molecule has 5 aliphatic rings. The number of rotatable bonds is 13. The van der Waals surface area contributed by atoms with Crippen LogP contribution < -0.4 is 16.2 Å². The van der Waals surface area contributed by atoms with Gasteiger partial charge in [0.1, 0.15) is 17.9 Å². The number of hydrogen-bond donors (Lipinski definition) is 2. The number of unbranched alkanes of at least 4 members (excludes halogenated alkanes) is 1. The van der Waals surface area contributed by atoms with E-state index < -0.39 is 29.1 Å². The Morgan fingerprint density at radius 3 is 2.37 bits per heavy atom. The van der Waals surface area contributed by atoms with Crippen molar-refractivity contribution in [3.8, 4) is 16.1 Å². The molecule has 14 heteroatoms. The number of likely N-dealkylation sites (tertiary alicyclic amines) is 2. The zero-order valence-corrected chi connectivity index (χ0v) is 41.3. The van der Waals surface area contributed by atoms with Gasteiger partial charge < -0.3 is 20.4 Å². The van der Waals surface area contributed by atoms with Crippen LogP contribution in [0, 0.1) is 12.3 Å². The van der Waals surface area contributed by atoms with Crippen LogP contribution >= 0.6 is 22.9 Å². The van der Waals surface area contributed by atoms with Crippen LogP contribution in [0.25, 0.3) is 27.0 Å². The molecule has 3 amide bonds. The number of thiazole rings is 1. The molecule has 3 unspecified atom stereocenters. The van der Waals surface area contributed by atoms with Crippen LogP contribution in [0.2, 0.25) is 5.02 Å². The van der Waals surface area contributed by atoms with Crippen molar-refractivity contribution < 1.29 is 18.8 Å². The molecular weight excluding hydrogens is 897 g/mol. The van der Waals surface area contributed by atoms with Crippen LogP contribution in [0.3, 0.4) is 0 Å². The molecule has 2 aromatic heterocycles. The second-order valence-corrected chi connectivity index (χ2v) is 22.5. The van der Waals surface area contributed by atoms with E-state index in [0.717, 1.165) is 116 Å². The van der Waals surface area contributed by atoms with Gasteiger partial charge in [-0.2, -0.15) is 4.98 Å². The molecule has 1 spiro atoms. The predicted molar refractivity (Wildman–Crippen MR) is 266 cm³/mol. The number of aryl methyl sites for hydroxylation is 1. The van der Waals surface area contributed by atoms with Crippen molar-refractivity contribution >= 4 is 51.6 Å². The van der Waals surface area contributed by atoms with Crippen molar-refractivity contribution in [3.63, 3.8) is 0 Å². The molecule has 2 saturated carbocycles. The van der Waals surface area contributed by atoms with Crippen molar-refractivity contribution in [1.82, 2.24) is 35.0 Å². The summed E-state index contributed by atoms with van der Waals surface area (Å²) in [5, 5.41) is 7.02. The third-order valence-electron chi connectivity index (χ3n) is 15.8. The summed E-state index contributed by atoms with van der Waals surface area (Å²) in [7, 11) is 0. The number of benzene rings is 3. The first-order chi connectivity index (χ1) is 32.6. The second-order valence-electron chi connectivity index (χ2n) is 21.3. The van der Waals surface area contributed by atoms with Gasteiger partial charge in [0.15, 0.2) is 5.67 Å². The number of aromatic nitrogens is 3. The highest BCUT2D eigenvalue weighted by molar-refractivity contribution is 7.13. The van der Waals surface area contributed by atoms with Crippen LogP contribution in [0.5, 0.6) is 0 Å². The maximum Gasteiger partial charge on any atom is 0.282 e. The van der Waals surface area contributed by atoms with Crippen LogP contribution in [0.1, 0.15) is 144 Å². The molecule has 2 N–H and O–H groups in total. The minimum absolute atomic E-state index is 0.162. The number of nitrogens with one attached hydrogen (secondary N) is 2. The molecule has 4 fully saturated rings. The zero-order valence-electron chi connectivity index (χ0n) is 39.7. The molecule has 3 atom stereocenters. The monoisotopic (exact) mass is 959 g/mol. The fraction of sp³-hybridized carbons (Fsp3) is 0.519. The summed E-state index contributed by atoms with van der Waals surface area (Å²) in [4.78, 5) is 69.2. The molecule has 3 aromatic carbocycles. The van der Waals surface area contributed by atoms with Gasteiger partial charge in [-0.15, -0.1) is 11.3 Å². The molecule has 68 heavy (non-hydrogen) atoms. The number of alkyl halides is 1. The first kappa shape index (κ1) is 46.7. The van der Waals surface area contributed by atoms with Crippen LogP contribution in [-0.4, -0.2) is 86.0 Å². The number of halogens is 2. The average molecular weight is 961 g/mol. The lowest BCUT2D eigenvalue weighted by atomic mass is 9.77. The van der Waals surface area contributed by atoms with E-state index in [1.807, 2.05) is 45.3 Å². The van der Waals surface area contributed by atoms with E-state index >= 15 is 0 Å². The van der Waals surface area contributed by atoms with Crippen LogP contribution in [-0.2, 0) is 19.8 Å². The molecule has 3 aliphatic heterocycles. The van der Waals surface area contributed by atoms with Crippen LogP contribution in [0.4, 0.5) is 4.39 Å². The largest absolute Gasteiger partial charge is 0.348 e. The number of hydrogen-bond acceptors (Lipinski definition) is 8. The third kappa shape index (κ3) is 8.69. The molecule has 2 aliphatic carbocycles. The Bertz CT molecular complexity index is 2800. The lowest BCUT2D eigenvalue weighted by Crippen LogP contribution is -2.59. The van der Waals surface area contributed by atoms with E-state index in [0.29, 0.717) is 35.7 Å². The summed E-state index contributed by atoms with van der Waals surface area (Å²) in [5.74, 6) is 0.0339. The summed E-state index contributed by atoms with van der Waals surface area (Å²) >= 11 is 8.18. The topological polar surface area (TPSA) is 130 Å². The molecular formula is C54H63ClFN7O4S. The number of amides is 3. The Morgan fingerprint density at radius 1 is 0.926 bits per heavy atom. The smallest absolute Gasteiger partial charge is 0.282 e. The van der Waals surface area contributed by atoms with E-state index in [-0.39, 0.29) is 41.7 Å². The van der Waals surface area contributed by atoms with Gasteiger partial charge >= 0.3 is 0 Å². The summed E-state index contributed by atoms with van der Waals surface area (Å²) in [6, 6.07) is 19.2. The molecule has 10 rings (SSSR count). The van der Waals surface area contributed by atoms with Gasteiger partial charge in [0, 0.05) is 6.54 Å². The Labute approximate surface area is 407 Å². The van der Waals surface area contributed by atoms with Crippen molar-refractivity contribution in [2.45, 2.75) is 146 Å². The summed E-state index contributed by atoms with van der Waals surface area (Å²) in [6.45, 7) is 11.0. The quantitative estimate of drug-likeness (QED) is 0.113. The average Bonchev–Trinajstić information content (AvgIpc) is 3.79. The zero-order chi connectivity index (χ0) is 47.5. The summed E-state index contributed by atoms with van der Waals surface area (Å²) in [5.41, 5.74) is 6.48. The van der Waals surface area contributed by atoms with E-state index in [1.165, 1.54) is 11.1 Å². The number of piperidine rings is 1. The second kappa shape index (κ2) is 18.4. The third-order valence-corrected chi connectivity index (χ3v) is 17.1. The van der Waals surface area contributed by atoms with Crippen molar-refractivity contribution in [1.29, 1.82) is 0 Å². The van der Waals surface area contributed by atoms with E-state index in [9.17, 15) is 23.6 Å². The van der Waals surface area contributed by atoms with Crippen molar-refractivity contribution in [3.05, 3.63) is 110 Å². The maximum absolute atomic E-state index is 14.8. The first-order valence-electron chi connectivity index (χ1n) is 24.9. The van der Waals surface area contributed by atoms with Gasteiger partial charge in [0.05, 0.1) is 49.2 Å². The van der Waals surface area contributed by atoms with E-state index in [4.69, 9.17) is 16.6 Å². The number of nitrogens with zero attached hydrogens (tertiary/aromatic N) is 5. The van der Waals surface area contributed by atoms with Gasteiger partial charge in [-0.3, -0.25) is 23.7 Å². The fourth-order valence-corrected chi connectivity index (χ4v) is 12.8. The maximum atomic E-state index is 14.8. The summed E-state index contributed by atoms with van der Waals surface area (Å²) in [6.07, 6.45) is 10.5. The van der Waals surface area contributed by atoms with Crippen molar-refractivity contribution in [2.24, 2.45) is 5.41 Å². The highest BCUT2D eigenvalue weighted by Crippen LogP contribution is 2.53. The lowest BCUT2D eigenvalue weighted by Gasteiger charge is -2.36. The highest BCUT2D eigenvalue weighted by atomic mass is 35.5. The number of carbonyl (C=O) groups excluding carboxylic acids is 3. The van der Waals surface area contributed by atoms with Gasteiger partial charge in [-0.05, 0) is 149 Å². The number of carbonyl (C=O) groups is 3. The van der Waals surface area contributed by atoms with Crippen LogP contribution in [0.15, 0.2) is 71.0 Å². The van der Waals surface area contributed by atoms with Gasteiger partial charge in [0.2, 0.25) is 11.8 Å². The molecule has 11 nitrogen and oxygen atoms in total. The van der Waals surface area contributed by atoms with E-state index in [1.54, 1.807) is 22.3 Å². The molecule has 5 heterocycles. The Kier molecular flexibility index (Phi) is 12.6. The molecule has 0 bridgehead atoms. The Morgan fingerprint density at radius 2 is 1.68 bits per heavy atom. The Balaban J connectivity index is 0.793. The standard InChI is InChI=1S/C54H63ClFN7O4S/c1-33-45(68-32-57-33)36-17-15-35(16-18-36)40(58-47(64)43-14-10-28-62(43)49(66)46(52(2,3)4)59-51(67)54(56)25-26-54)12-5-8-27-61-29-21-34(22-30-61)37-19-20-41-38(31-37)53(23-6-7-24-53)50-60-48(65)44-39(55)11-9-13-42(44)63(41)50/h9,11,13,15-20,31-32,34,40,43,46H,5-8,10,12,14,21-30H2,1-4H3,(H,58,64)(H,59,67).